The van der Waals surface area contributed by atoms with Crippen LogP contribution in [0.5, 0.6) is 0 Å². The van der Waals surface area contributed by atoms with E-state index in [4.69, 9.17) is 5.73 Å². The standard InChI is InChI=1S/C18H23N5O3S/c1-12-3-5-13(6-4-12)16(24)15-11-20-18(22-17(15)19)21-14-7-9-23(10-8-14)27(2,25)26/h3-6,11,14H,7-10H2,1-2H3,(H3,19,20,21,22). The smallest absolute Gasteiger partial charge is 0.224 e. The Hall–Kier alpha value is -2.52. The van der Waals surface area contributed by atoms with Crippen molar-refractivity contribution in [1.29, 1.82) is 0 Å². The van der Waals surface area contributed by atoms with Crippen LogP contribution in [-0.4, -0.2) is 53.9 Å². The van der Waals surface area contributed by atoms with Gasteiger partial charge in [0.05, 0.1) is 11.8 Å². The Labute approximate surface area is 158 Å². The number of hydrogen-bond acceptors (Lipinski definition) is 7. The third-order valence-corrected chi connectivity index (χ3v) is 5.94. The first kappa shape index (κ1) is 19.2. The molecule has 0 amide bonds. The molecule has 1 aromatic heterocycles. The molecule has 3 N–H and O–H groups in total. The van der Waals surface area contributed by atoms with Crippen LogP contribution in [0.3, 0.4) is 0 Å². The molecule has 8 nitrogen and oxygen atoms in total. The Morgan fingerprint density at radius 2 is 1.85 bits per heavy atom. The zero-order chi connectivity index (χ0) is 19.6. The van der Waals surface area contributed by atoms with Gasteiger partial charge in [-0.2, -0.15) is 4.98 Å². The molecule has 1 fully saturated rings. The molecule has 1 aliphatic rings. The number of ketones is 1. The third kappa shape index (κ3) is 4.61. The summed E-state index contributed by atoms with van der Waals surface area (Å²) in [6.45, 7) is 2.86. The molecule has 3 rings (SSSR count). The van der Waals surface area contributed by atoms with Gasteiger partial charge in [-0.05, 0) is 19.8 Å². The largest absolute Gasteiger partial charge is 0.383 e. The molecular formula is C18H23N5O3S. The molecule has 1 aromatic carbocycles. The zero-order valence-corrected chi connectivity index (χ0v) is 16.2. The SMILES string of the molecule is Cc1ccc(C(=O)c2cnc(NC3CCN(S(C)(=O)=O)CC3)nc2N)cc1. The number of sulfonamides is 1. The summed E-state index contributed by atoms with van der Waals surface area (Å²) >= 11 is 0. The van der Waals surface area contributed by atoms with Crippen LogP contribution in [0.2, 0.25) is 0 Å². The number of nitrogens with two attached hydrogens (primary N) is 1. The predicted octanol–water partition coefficient (Wildman–Crippen LogP) is 1.43. The molecule has 9 heteroatoms. The lowest BCUT2D eigenvalue weighted by Gasteiger charge is -2.30. The lowest BCUT2D eigenvalue weighted by Crippen LogP contribution is -2.42. The quantitative estimate of drug-likeness (QED) is 0.743. The van der Waals surface area contributed by atoms with Crippen molar-refractivity contribution >= 4 is 27.6 Å². The highest BCUT2D eigenvalue weighted by atomic mass is 32.2. The maximum absolute atomic E-state index is 12.6. The van der Waals surface area contributed by atoms with E-state index in [1.54, 1.807) is 12.1 Å². The highest BCUT2D eigenvalue weighted by Crippen LogP contribution is 2.19. The maximum Gasteiger partial charge on any atom is 0.224 e. The summed E-state index contributed by atoms with van der Waals surface area (Å²) in [6.07, 6.45) is 3.95. The van der Waals surface area contributed by atoms with Crippen molar-refractivity contribution in [3.63, 3.8) is 0 Å². The molecule has 27 heavy (non-hydrogen) atoms. The van der Waals surface area contributed by atoms with Gasteiger partial charge in [0.25, 0.3) is 0 Å². The van der Waals surface area contributed by atoms with Gasteiger partial charge in [0, 0.05) is 30.9 Å². The summed E-state index contributed by atoms with van der Waals surface area (Å²) in [5.74, 6) is 0.234. The minimum atomic E-state index is -3.16. The summed E-state index contributed by atoms with van der Waals surface area (Å²) in [4.78, 5) is 21.0. The Balaban J connectivity index is 1.67. The highest BCUT2D eigenvalue weighted by Gasteiger charge is 2.25. The van der Waals surface area contributed by atoms with Gasteiger partial charge in [-0.25, -0.2) is 17.7 Å². The number of benzene rings is 1. The third-order valence-electron chi connectivity index (χ3n) is 4.63. The molecule has 1 aliphatic heterocycles. The number of carbonyl (C=O) groups excluding carboxylic acids is 1. The van der Waals surface area contributed by atoms with Gasteiger partial charge in [-0.3, -0.25) is 4.79 Å². The first-order chi connectivity index (χ1) is 12.7. The number of anilines is 2. The number of hydrogen-bond donors (Lipinski definition) is 2. The van der Waals surface area contributed by atoms with E-state index in [9.17, 15) is 13.2 Å². The summed E-state index contributed by atoms with van der Waals surface area (Å²) in [6, 6.07) is 7.28. The van der Waals surface area contributed by atoms with Gasteiger partial charge in [-0.1, -0.05) is 29.8 Å². The van der Waals surface area contributed by atoms with Gasteiger partial charge in [0.2, 0.25) is 16.0 Å². The van der Waals surface area contributed by atoms with Gasteiger partial charge in [-0.15, -0.1) is 0 Å². The van der Waals surface area contributed by atoms with Crippen molar-refractivity contribution in [2.45, 2.75) is 25.8 Å². The molecule has 0 atom stereocenters. The molecule has 2 heterocycles. The fourth-order valence-corrected chi connectivity index (χ4v) is 3.89. The molecule has 0 unspecified atom stereocenters. The normalized spacial score (nSPS) is 16.2. The van der Waals surface area contributed by atoms with E-state index in [-0.39, 0.29) is 23.2 Å². The lowest BCUT2D eigenvalue weighted by atomic mass is 10.0. The number of carbonyl (C=O) groups is 1. The maximum atomic E-state index is 12.6. The van der Waals surface area contributed by atoms with E-state index in [1.165, 1.54) is 16.8 Å². The Morgan fingerprint density at radius 3 is 2.41 bits per heavy atom. The Kier molecular flexibility index (Phi) is 5.43. The molecular weight excluding hydrogens is 366 g/mol. The van der Waals surface area contributed by atoms with Crippen LogP contribution >= 0.6 is 0 Å². The fourth-order valence-electron chi connectivity index (χ4n) is 3.01. The summed E-state index contributed by atoms with van der Waals surface area (Å²) in [5.41, 5.74) is 7.83. The zero-order valence-electron chi connectivity index (χ0n) is 15.3. The average molecular weight is 389 g/mol. The molecule has 0 spiro atoms. The minimum Gasteiger partial charge on any atom is -0.383 e. The molecule has 0 aliphatic carbocycles. The molecule has 1 saturated heterocycles. The first-order valence-electron chi connectivity index (χ1n) is 8.69. The van der Waals surface area contributed by atoms with Crippen molar-refractivity contribution in [3.8, 4) is 0 Å². The molecule has 0 bridgehead atoms. The van der Waals surface area contributed by atoms with Crippen LogP contribution in [0, 0.1) is 6.92 Å². The number of nitrogens with one attached hydrogen (secondary N) is 1. The lowest BCUT2D eigenvalue weighted by molar-refractivity contribution is 0.103. The summed E-state index contributed by atoms with van der Waals surface area (Å²) < 4.78 is 24.6. The van der Waals surface area contributed by atoms with Crippen LogP contribution < -0.4 is 11.1 Å². The number of rotatable bonds is 5. The van der Waals surface area contributed by atoms with Crippen LogP contribution in [0.4, 0.5) is 11.8 Å². The van der Waals surface area contributed by atoms with Gasteiger partial charge < -0.3 is 11.1 Å². The van der Waals surface area contributed by atoms with E-state index in [0.29, 0.717) is 37.4 Å². The van der Waals surface area contributed by atoms with Crippen molar-refractivity contribution in [3.05, 3.63) is 47.2 Å². The Morgan fingerprint density at radius 1 is 1.22 bits per heavy atom. The molecule has 0 saturated carbocycles. The highest BCUT2D eigenvalue weighted by molar-refractivity contribution is 7.88. The van der Waals surface area contributed by atoms with Crippen LogP contribution in [-0.2, 0) is 10.0 Å². The van der Waals surface area contributed by atoms with E-state index in [1.807, 2.05) is 19.1 Å². The topological polar surface area (TPSA) is 118 Å². The summed E-state index contributed by atoms with van der Waals surface area (Å²) in [5, 5.41) is 3.17. The van der Waals surface area contributed by atoms with Crippen molar-refractivity contribution in [1.82, 2.24) is 14.3 Å². The summed E-state index contributed by atoms with van der Waals surface area (Å²) in [7, 11) is -3.16. The van der Waals surface area contributed by atoms with E-state index in [0.717, 1.165) is 5.56 Å². The molecule has 2 aromatic rings. The number of nitrogen functional groups attached to an aromatic ring is 1. The minimum absolute atomic E-state index is 0.0565. The Bertz CT molecular complexity index is 936. The van der Waals surface area contributed by atoms with Crippen LogP contribution in [0.15, 0.2) is 30.5 Å². The van der Waals surface area contributed by atoms with Crippen molar-refractivity contribution < 1.29 is 13.2 Å². The van der Waals surface area contributed by atoms with E-state index in [2.05, 4.69) is 15.3 Å². The second-order valence-corrected chi connectivity index (χ2v) is 8.75. The van der Waals surface area contributed by atoms with Crippen LogP contribution in [0.1, 0.15) is 34.3 Å². The first-order valence-corrected chi connectivity index (χ1v) is 10.5. The number of piperidine rings is 1. The van der Waals surface area contributed by atoms with Gasteiger partial charge in [0.15, 0.2) is 5.78 Å². The van der Waals surface area contributed by atoms with Crippen molar-refractivity contribution in [2.75, 3.05) is 30.4 Å². The number of nitrogens with zero attached hydrogens (tertiary/aromatic N) is 3. The van der Waals surface area contributed by atoms with Crippen molar-refractivity contribution in [2.24, 2.45) is 0 Å². The van der Waals surface area contributed by atoms with E-state index >= 15 is 0 Å². The molecule has 144 valence electrons. The number of aromatic nitrogens is 2. The van der Waals surface area contributed by atoms with E-state index < -0.39 is 10.0 Å². The van der Waals surface area contributed by atoms with Crippen LogP contribution in [0.25, 0.3) is 0 Å². The predicted molar refractivity (Wildman–Crippen MR) is 104 cm³/mol. The van der Waals surface area contributed by atoms with Gasteiger partial charge >= 0.3 is 0 Å². The van der Waals surface area contributed by atoms with Gasteiger partial charge in [0.1, 0.15) is 5.82 Å². The number of aryl methyl sites for hydroxylation is 1. The molecule has 0 radical (unpaired) electrons. The second kappa shape index (κ2) is 7.61. The fraction of sp³-hybridized carbons (Fsp3) is 0.389. The monoisotopic (exact) mass is 389 g/mol. The average Bonchev–Trinajstić information content (AvgIpc) is 2.62. The second-order valence-electron chi connectivity index (χ2n) is 6.77.